The van der Waals surface area contributed by atoms with Gasteiger partial charge in [0.1, 0.15) is 22.8 Å². The lowest BCUT2D eigenvalue weighted by molar-refractivity contribution is -0.144. The molecule has 4 rings (SSSR count). The van der Waals surface area contributed by atoms with Crippen LogP contribution in [0.3, 0.4) is 0 Å². The van der Waals surface area contributed by atoms with E-state index in [2.05, 4.69) is 4.90 Å². The van der Waals surface area contributed by atoms with Crippen molar-refractivity contribution < 1.29 is 28.5 Å². The van der Waals surface area contributed by atoms with E-state index in [1.807, 2.05) is 48.5 Å². The van der Waals surface area contributed by atoms with Crippen LogP contribution in [0, 0.1) is 0 Å². The highest BCUT2D eigenvalue weighted by molar-refractivity contribution is 6.30. The summed E-state index contributed by atoms with van der Waals surface area (Å²) < 4.78 is 22.7. The molecule has 0 saturated heterocycles. The summed E-state index contributed by atoms with van der Waals surface area (Å²) in [5.41, 5.74) is 2.40. The number of carboxylic acids is 1. The summed E-state index contributed by atoms with van der Waals surface area (Å²) in [7, 11) is 1.62. The van der Waals surface area contributed by atoms with Gasteiger partial charge in [0.15, 0.2) is 11.7 Å². The van der Waals surface area contributed by atoms with Gasteiger partial charge in [-0.1, -0.05) is 23.7 Å². The molecule has 0 fully saturated rings. The van der Waals surface area contributed by atoms with Gasteiger partial charge in [-0.2, -0.15) is 4.98 Å². The van der Waals surface area contributed by atoms with E-state index in [1.165, 1.54) is 6.92 Å². The highest BCUT2D eigenvalue weighted by atomic mass is 35.5. The molecule has 0 aliphatic carbocycles. The number of aromatic nitrogens is 1. The minimum atomic E-state index is -1.01. The first kappa shape index (κ1) is 26.2. The van der Waals surface area contributed by atoms with Gasteiger partial charge in [0.2, 0.25) is 0 Å². The molecule has 1 unspecified atom stereocenters. The molecule has 1 N–H and O–H groups in total. The standard InChI is InChI=1S/C28H29ClN2O6/c1-19(27(32)33)36-24-6-3-5-20(17-24)13-15-31(14-4-16-35-22-9-7-21(29)8-10-22)28-30-25-18-23(34-2)11-12-26(25)37-28/h3,5-12,17-19H,4,13-16H2,1-2H3,(H,32,33). The van der Waals surface area contributed by atoms with Crippen LogP contribution >= 0.6 is 11.6 Å². The Morgan fingerprint density at radius 2 is 1.84 bits per heavy atom. The molecular weight excluding hydrogens is 496 g/mol. The molecule has 8 nitrogen and oxygen atoms in total. The number of halogens is 1. The summed E-state index contributed by atoms with van der Waals surface area (Å²) in [6, 6.07) is 20.8. The number of ether oxygens (including phenoxy) is 3. The Morgan fingerprint density at radius 1 is 1.05 bits per heavy atom. The third-order valence-electron chi connectivity index (χ3n) is 5.74. The van der Waals surface area contributed by atoms with E-state index in [0.717, 1.165) is 23.3 Å². The van der Waals surface area contributed by atoms with Gasteiger partial charge in [-0.05, 0) is 73.9 Å². The van der Waals surface area contributed by atoms with Crippen LogP contribution in [0.5, 0.6) is 17.2 Å². The number of carbonyl (C=O) groups is 1. The van der Waals surface area contributed by atoms with E-state index in [-0.39, 0.29) is 0 Å². The lowest BCUT2D eigenvalue weighted by Crippen LogP contribution is -2.28. The van der Waals surface area contributed by atoms with Crippen LogP contribution in [0.15, 0.2) is 71.1 Å². The Balaban J connectivity index is 1.45. The molecule has 0 aliphatic rings. The average Bonchev–Trinajstić information content (AvgIpc) is 3.32. The number of rotatable bonds is 13. The van der Waals surface area contributed by atoms with Gasteiger partial charge < -0.3 is 28.6 Å². The number of benzene rings is 3. The minimum absolute atomic E-state index is 0.515. The highest BCUT2D eigenvalue weighted by Crippen LogP contribution is 2.26. The third-order valence-corrected chi connectivity index (χ3v) is 5.99. The molecule has 0 saturated carbocycles. The molecule has 0 spiro atoms. The molecule has 0 amide bonds. The predicted octanol–water partition coefficient (Wildman–Crippen LogP) is 5.86. The number of fused-ring (bicyclic) bond motifs is 1. The van der Waals surface area contributed by atoms with E-state index in [4.69, 9.17) is 40.3 Å². The van der Waals surface area contributed by atoms with Crippen LogP contribution < -0.4 is 19.1 Å². The molecule has 3 aromatic carbocycles. The Hall–Kier alpha value is -3.91. The first-order valence-corrected chi connectivity index (χ1v) is 12.4. The fraction of sp³-hybridized carbons (Fsp3) is 0.286. The number of methoxy groups -OCH3 is 1. The summed E-state index contributed by atoms with van der Waals surface area (Å²) in [6.45, 7) is 3.31. The zero-order chi connectivity index (χ0) is 26.2. The van der Waals surface area contributed by atoms with Gasteiger partial charge in [0, 0.05) is 24.2 Å². The normalized spacial score (nSPS) is 11.8. The Morgan fingerprint density at radius 3 is 2.59 bits per heavy atom. The van der Waals surface area contributed by atoms with Crippen molar-refractivity contribution in [2.75, 3.05) is 31.7 Å². The van der Waals surface area contributed by atoms with Crippen LogP contribution in [-0.2, 0) is 11.2 Å². The Labute approximate surface area is 220 Å². The van der Waals surface area contributed by atoms with Crippen LogP contribution in [0.4, 0.5) is 6.01 Å². The van der Waals surface area contributed by atoms with Crippen LogP contribution in [0.1, 0.15) is 18.9 Å². The largest absolute Gasteiger partial charge is 0.497 e. The van der Waals surface area contributed by atoms with E-state index in [9.17, 15) is 4.79 Å². The number of anilines is 1. The van der Waals surface area contributed by atoms with Crippen LogP contribution in [-0.4, -0.2) is 49.0 Å². The van der Waals surface area contributed by atoms with Gasteiger partial charge >= 0.3 is 5.97 Å². The summed E-state index contributed by atoms with van der Waals surface area (Å²) >= 11 is 5.95. The average molecular weight is 525 g/mol. The van der Waals surface area contributed by atoms with E-state index < -0.39 is 12.1 Å². The molecule has 37 heavy (non-hydrogen) atoms. The molecule has 4 aromatic rings. The number of hydrogen-bond donors (Lipinski definition) is 1. The topological polar surface area (TPSA) is 94.3 Å². The first-order valence-electron chi connectivity index (χ1n) is 12.0. The molecule has 0 radical (unpaired) electrons. The monoisotopic (exact) mass is 524 g/mol. The highest BCUT2D eigenvalue weighted by Gasteiger charge is 2.16. The fourth-order valence-corrected chi connectivity index (χ4v) is 3.86. The summed E-state index contributed by atoms with van der Waals surface area (Å²) in [6.07, 6.45) is 0.493. The molecule has 1 atom stereocenters. The van der Waals surface area contributed by atoms with Crippen molar-refractivity contribution in [3.63, 3.8) is 0 Å². The second kappa shape index (κ2) is 12.4. The third kappa shape index (κ3) is 7.30. The molecule has 0 aliphatic heterocycles. The lowest BCUT2D eigenvalue weighted by atomic mass is 10.1. The van der Waals surface area contributed by atoms with E-state index >= 15 is 0 Å². The van der Waals surface area contributed by atoms with Gasteiger partial charge in [-0.15, -0.1) is 0 Å². The van der Waals surface area contributed by atoms with Crippen molar-refractivity contribution in [2.45, 2.75) is 25.9 Å². The van der Waals surface area contributed by atoms with E-state index in [0.29, 0.717) is 54.2 Å². The quantitative estimate of drug-likeness (QED) is 0.217. The van der Waals surface area contributed by atoms with Crippen molar-refractivity contribution >= 4 is 34.7 Å². The number of oxazole rings is 1. The Kier molecular flexibility index (Phi) is 8.74. The van der Waals surface area contributed by atoms with Crippen molar-refractivity contribution in [1.82, 2.24) is 4.98 Å². The maximum atomic E-state index is 11.1. The SMILES string of the molecule is COc1ccc2oc(N(CCCOc3ccc(Cl)cc3)CCc3cccc(OC(C)C(=O)O)c3)nc2c1. The molecule has 1 heterocycles. The molecule has 9 heteroatoms. The number of nitrogens with zero attached hydrogens (tertiary/aromatic N) is 2. The zero-order valence-electron chi connectivity index (χ0n) is 20.7. The number of aliphatic carboxylic acids is 1. The van der Waals surface area contributed by atoms with Gasteiger partial charge in [0.05, 0.1) is 13.7 Å². The first-order chi connectivity index (χ1) is 17.9. The number of hydrogen-bond acceptors (Lipinski definition) is 7. The maximum Gasteiger partial charge on any atom is 0.344 e. The van der Waals surface area contributed by atoms with Gasteiger partial charge in [-0.3, -0.25) is 0 Å². The lowest BCUT2D eigenvalue weighted by Gasteiger charge is -2.21. The van der Waals surface area contributed by atoms with E-state index in [1.54, 1.807) is 25.3 Å². The molecule has 0 bridgehead atoms. The summed E-state index contributed by atoms with van der Waals surface area (Å²) in [5, 5.41) is 9.79. The van der Waals surface area contributed by atoms with Crippen LogP contribution in [0.25, 0.3) is 11.1 Å². The van der Waals surface area contributed by atoms with Gasteiger partial charge in [0.25, 0.3) is 6.01 Å². The Bertz CT molecular complexity index is 1320. The second-order valence-electron chi connectivity index (χ2n) is 8.47. The van der Waals surface area contributed by atoms with Crippen molar-refractivity contribution in [3.8, 4) is 17.2 Å². The molecule has 1 aromatic heterocycles. The smallest absolute Gasteiger partial charge is 0.344 e. The fourth-order valence-electron chi connectivity index (χ4n) is 3.73. The maximum absolute atomic E-state index is 11.1. The minimum Gasteiger partial charge on any atom is -0.497 e. The van der Waals surface area contributed by atoms with Crippen molar-refractivity contribution in [2.24, 2.45) is 0 Å². The summed E-state index contributed by atoms with van der Waals surface area (Å²) in [5.74, 6) is 0.981. The van der Waals surface area contributed by atoms with Gasteiger partial charge in [-0.25, -0.2) is 4.79 Å². The summed E-state index contributed by atoms with van der Waals surface area (Å²) in [4.78, 5) is 17.9. The zero-order valence-corrected chi connectivity index (χ0v) is 21.5. The number of carboxylic acid groups (broad SMARTS) is 1. The second-order valence-corrected chi connectivity index (χ2v) is 8.91. The van der Waals surface area contributed by atoms with Crippen molar-refractivity contribution in [1.29, 1.82) is 0 Å². The molecular formula is C28H29ClN2O6. The van der Waals surface area contributed by atoms with Crippen molar-refractivity contribution in [3.05, 3.63) is 77.3 Å². The van der Waals surface area contributed by atoms with Crippen LogP contribution in [0.2, 0.25) is 5.02 Å². The molecule has 194 valence electrons. The predicted molar refractivity (Wildman–Crippen MR) is 142 cm³/mol.